The van der Waals surface area contributed by atoms with Crippen LogP contribution in [0.1, 0.15) is 0 Å². The predicted molar refractivity (Wildman–Crippen MR) is 205 cm³/mol. The molecular weight excluding hydrogens is 615 g/mol. The van der Waals surface area contributed by atoms with E-state index in [1.165, 1.54) is 41.5 Å². The molecule has 10 rings (SSSR count). The summed E-state index contributed by atoms with van der Waals surface area (Å²) >= 11 is 0. The summed E-state index contributed by atoms with van der Waals surface area (Å²) in [5.74, 6) is 0.912. The Hall–Kier alpha value is -6.10. The molecule has 0 saturated carbocycles. The topological polar surface area (TPSA) is 31.9 Å². The van der Waals surface area contributed by atoms with Crippen LogP contribution in [0, 0.1) is 0 Å². The number of aromatic nitrogens is 2. The van der Waals surface area contributed by atoms with Gasteiger partial charge < -0.3 is 4.98 Å². The Balaban J connectivity index is 1.30. The maximum Gasteiger partial charge on any atom is 0.138 e. The fourth-order valence-electron chi connectivity index (χ4n) is 7.62. The van der Waals surface area contributed by atoms with Crippen LogP contribution in [-0.2, 0) is 0 Å². The SMILES string of the molecule is c1ccc(S2(c3ccccc3)c3ccccc3N(c3ccc4ccccc4n3)c3ccc(-c4ccc5[nH]c6ccccc6c5c4)cc32)cc1. The fourth-order valence-corrected chi connectivity index (χ4v) is 11.8. The number of nitrogens with one attached hydrogen (secondary N) is 1. The highest BCUT2D eigenvalue weighted by molar-refractivity contribution is 8.34. The summed E-state index contributed by atoms with van der Waals surface area (Å²) in [5.41, 5.74) is 8.00. The first-order valence-corrected chi connectivity index (χ1v) is 18.3. The maximum absolute atomic E-state index is 5.26. The molecule has 9 aromatic rings. The van der Waals surface area contributed by atoms with Gasteiger partial charge >= 0.3 is 0 Å². The molecule has 7 aromatic carbocycles. The van der Waals surface area contributed by atoms with Gasteiger partial charge in [-0.1, -0.05) is 97.1 Å². The molecule has 232 valence electrons. The van der Waals surface area contributed by atoms with Crippen LogP contribution in [0.15, 0.2) is 202 Å². The van der Waals surface area contributed by atoms with Crippen molar-refractivity contribution in [3.05, 3.63) is 182 Å². The average molecular weight is 646 g/mol. The number of nitrogens with zero attached hydrogens (tertiary/aromatic N) is 2. The highest BCUT2D eigenvalue weighted by atomic mass is 32.3. The lowest BCUT2D eigenvalue weighted by Crippen LogP contribution is -2.22. The lowest BCUT2D eigenvalue weighted by atomic mass is 10.0. The van der Waals surface area contributed by atoms with Gasteiger partial charge in [0, 0.05) is 46.8 Å². The summed E-state index contributed by atoms with van der Waals surface area (Å²) < 4.78 is 0. The van der Waals surface area contributed by atoms with E-state index in [0.717, 1.165) is 39.1 Å². The second-order valence-corrected chi connectivity index (χ2v) is 15.6. The summed E-state index contributed by atoms with van der Waals surface area (Å²) in [4.78, 5) is 16.5. The van der Waals surface area contributed by atoms with E-state index in [9.17, 15) is 0 Å². The van der Waals surface area contributed by atoms with Crippen molar-refractivity contribution in [1.82, 2.24) is 9.97 Å². The lowest BCUT2D eigenvalue weighted by Gasteiger charge is -2.49. The average Bonchev–Trinajstić information content (AvgIpc) is 3.55. The first-order chi connectivity index (χ1) is 24.3. The number of hydrogen-bond acceptors (Lipinski definition) is 2. The van der Waals surface area contributed by atoms with E-state index in [2.05, 4.69) is 192 Å². The molecule has 1 aliphatic rings. The van der Waals surface area contributed by atoms with Crippen LogP contribution in [0.25, 0.3) is 43.8 Å². The molecule has 2 aromatic heterocycles. The first kappa shape index (κ1) is 28.0. The number of fused-ring (bicyclic) bond motifs is 6. The van der Waals surface area contributed by atoms with Gasteiger partial charge in [-0.15, -0.1) is 10.0 Å². The quantitative estimate of drug-likeness (QED) is 0.207. The Morgan fingerprint density at radius 3 is 1.92 bits per heavy atom. The largest absolute Gasteiger partial charge is 0.355 e. The van der Waals surface area contributed by atoms with Crippen LogP contribution in [0.3, 0.4) is 0 Å². The Kier molecular flexibility index (Phi) is 6.27. The van der Waals surface area contributed by atoms with Crippen molar-refractivity contribution in [2.45, 2.75) is 19.6 Å². The number of benzene rings is 7. The Morgan fingerprint density at radius 1 is 0.449 bits per heavy atom. The van der Waals surface area contributed by atoms with Crippen molar-refractivity contribution in [3.63, 3.8) is 0 Å². The van der Waals surface area contributed by atoms with E-state index in [0.29, 0.717) is 0 Å². The van der Waals surface area contributed by atoms with Crippen molar-refractivity contribution in [2.24, 2.45) is 0 Å². The molecule has 0 radical (unpaired) electrons. The van der Waals surface area contributed by atoms with E-state index < -0.39 is 10.0 Å². The Bertz CT molecular complexity index is 2640. The van der Waals surface area contributed by atoms with Crippen molar-refractivity contribution in [1.29, 1.82) is 0 Å². The molecule has 0 saturated heterocycles. The zero-order valence-electron chi connectivity index (χ0n) is 26.6. The molecule has 0 aliphatic carbocycles. The van der Waals surface area contributed by atoms with Crippen LogP contribution in [-0.4, -0.2) is 9.97 Å². The number of aromatic amines is 1. The zero-order valence-corrected chi connectivity index (χ0v) is 27.4. The molecular formula is C45H31N3S. The van der Waals surface area contributed by atoms with Crippen molar-refractivity contribution in [3.8, 4) is 11.1 Å². The zero-order chi connectivity index (χ0) is 32.4. The number of anilines is 3. The molecule has 0 fully saturated rings. The van der Waals surface area contributed by atoms with Crippen LogP contribution >= 0.6 is 10.0 Å². The molecule has 3 heterocycles. The van der Waals surface area contributed by atoms with Crippen LogP contribution < -0.4 is 4.90 Å². The summed E-state index contributed by atoms with van der Waals surface area (Å²) in [6.45, 7) is 0. The van der Waals surface area contributed by atoms with E-state index in [-0.39, 0.29) is 0 Å². The summed E-state index contributed by atoms with van der Waals surface area (Å²) in [5, 5.41) is 3.62. The normalized spacial score (nSPS) is 14.1. The van der Waals surface area contributed by atoms with Gasteiger partial charge in [0.1, 0.15) is 5.82 Å². The number of pyridine rings is 1. The molecule has 0 atom stereocenters. The van der Waals surface area contributed by atoms with Crippen molar-refractivity contribution < 1.29 is 0 Å². The summed E-state index contributed by atoms with van der Waals surface area (Å²) in [6.07, 6.45) is 0. The Labute approximate surface area is 286 Å². The van der Waals surface area contributed by atoms with Gasteiger partial charge in [0.05, 0.1) is 16.9 Å². The third kappa shape index (κ3) is 4.21. The highest BCUT2D eigenvalue weighted by Gasteiger charge is 2.43. The maximum atomic E-state index is 5.26. The number of rotatable bonds is 4. The Morgan fingerprint density at radius 2 is 1.08 bits per heavy atom. The third-order valence-corrected chi connectivity index (χ3v) is 13.8. The van der Waals surface area contributed by atoms with Gasteiger partial charge in [-0.2, -0.15) is 0 Å². The molecule has 0 unspecified atom stereocenters. The van der Waals surface area contributed by atoms with Crippen molar-refractivity contribution in [2.75, 3.05) is 4.90 Å². The minimum Gasteiger partial charge on any atom is -0.355 e. The van der Waals surface area contributed by atoms with Gasteiger partial charge in [0.25, 0.3) is 0 Å². The van der Waals surface area contributed by atoms with Crippen molar-refractivity contribution >= 4 is 59.9 Å². The molecule has 0 amide bonds. The molecule has 1 aliphatic heterocycles. The monoisotopic (exact) mass is 645 g/mol. The second-order valence-electron chi connectivity index (χ2n) is 12.5. The fraction of sp³-hybridized carbons (Fsp3) is 0. The minimum absolute atomic E-state index is 0.912. The van der Waals surface area contributed by atoms with Gasteiger partial charge in [-0.25, -0.2) is 4.98 Å². The van der Waals surface area contributed by atoms with Crippen LogP contribution in [0.5, 0.6) is 0 Å². The standard InChI is InChI=1S/C45H31N3S/c1-3-14-34(15-4-1)49(35-16-5-2-6-17-35)43-22-12-11-21-41(43)48(45-28-25-31-13-7-9-19-38(31)47-45)42-27-24-33(30-44(42)49)32-23-26-40-37(29-32)36-18-8-10-20-39(36)46-40/h1-30,46H. The lowest BCUT2D eigenvalue weighted by molar-refractivity contribution is 1.09. The van der Waals surface area contributed by atoms with Gasteiger partial charge in [-0.05, 0) is 96.1 Å². The second kappa shape index (κ2) is 11.0. The van der Waals surface area contributed by atoms with E-state index in [4.69, 9.17) is 4.98 Å². The molecule has 3 nitrogen and oxygen atoms in total. The van der Waals surface area contributed by atoms with Crippen LogP contribution in [0.2, 0.25) is 0 Å². The third-order valence-electron chi connectivity index (χ3n) is 9.81. The number of hydrogen-bond donors (Lipinski definition) is 1. The number of H-pyrrole nitrogens is 1. The smallest absolute Gasteiger partial charge is 0.138 e. The molecule has 49 heavy (non-hydrogen) atoms. The molecule has 0 bridgehead atoms. The predicted octanol–water partition coefficient (Wildman–Crippen LogP) is 12.7. The highest BCUT2D eigenvalue weighted by Crippen LogP contribution is 2.79. The summed E-state index contributed by atoms with van der Waals surface area (Å²) in [7, 11) is -1.93. The molecule has 1 N–H and O–H groups in total. The minimum atomic E-state index is -1.93. The molecule has 4 heteroatoms. The van der Waals surface area contributed by atoms with Gasteiger partial charge in [-0.3, -0.25) is 4.90 Å². The van der Waals surface area contributed by atoms with Gasteiger partial charge in [0.2, 0.25) is 0 Å². The van der Waals surface area contributed by atoms with Crippen LogP contribution in [0.4, 0.5) is 17.2 Å². The van der Waals surface area contributed by atoms with E-state index >= 15 is 0 Å². The van der Waals surface area contributed by atoms with E-state index in [1.807, 2.05) is 0 Å². The van der Waals surface area contributed by atoms with E-state index in [1.54, 1.807) is 0 Å². The number of para-hydroxylation sites is 3. The summed E-state index contributed by atoms with van der Waals surface area (Å²) in [6, 6.07) is 66.4. The van der Waals surface area contributed by atoms with Gasteiger partial charge in [0.15, 0.2) is 0 Å². The first-order valence-electron chi connectivity index (χ1n) is 16.6. The molecule has 0 spiro atoms.